The van der Waals surface area contributed by atoms with E-state index in [9.17, 15) is 9.90 Å². The van der Waals surface area contributed by atoms with E-state index in [1.807, 2.05) is 30.3 Å². The molecule has 0 saturated heterocycles. The summed E-state index contributed by atoms with van der Waals surface area (Å²) in [5.41, 5.74) is 1.14. The maximum atomic E-state index is 11.1. The first-order valence-corrected chi connectivity index (χ1v) is 9.14. The zero-order valence-electron chi connectivity index (χ0n) is 12.2. The van der Waals surface area contributed by atoms with Crippen LogP contribution in [-0.4, -0.2) is 15.9 Å². The quantitative estimate of drug-likeness (QED) is 0.588. The third kappa shape index (κ3) is 2.84. The number of aromatic nitrogens is 2. The lowest BCUT2D eigenvalue weighted by Gasteiger charge is -2.01. The predicted molar refractivity (Wildman–Crippen MR) is 96.4 cm³/mol. The smallest absolute Gasteiger partial charge is 0.148 e. The fraction of sp³-hybridized carbons (Fsp3) is 0.0588. The van der Waals surface area contributed by atoms with Crippen LogP contribution in [0.5, 0.6) is 0 Å². The SMILES string of the molecule is O=C([O-])Cc1[nH]c(-c2cc3ccccc3s2)nc1-c1ccc(Cl)s1. The number of halogens is 1. The zero-order chi connectivity index (χ0) is 16.7. The minimum Gasteiger partial charge on any atom is -0.550 e. The first kappa shape index (κ1) is 15.4. The van der Waals surface area contributed by atoms with Crippen LogP contribution in [0, 0.1) is 0 Å². The van der Waals surface area contributed by atoms with Crippen molar-refractivity contribution in [3.63, 3.8) is 0 Å². The normalized spacial score (nSPS) is 11.2. The Morgan fingerprint density at radius 3 is 2.71 bits per heavy atom. The Morgan fingerprint density at radius 1 is 1.17 bits per heavy atom. The van der Waals surface area contributed by atoms with Crippen molar-refractivity contribution in [1.29, 1.82) is 0 Å². The number of hydrogen-bond acceptors (Lipinski definition) is 5. The number of rotatable bonds is 4. The summed E-state index contributed by atoms with van der Waals surface area (Å²) in [7, 11) is 0. The van der Waals surface area contributed by atoms with E-state index in [1.165, 1.54) is 11.3 Å². The van der Waals surface area contributed by atoms with Crippen LogP contribution < -0.4 is 5.11 Å². The molecular formula is C17H10ClN2O2S2-. The second-order valence-corrected chi connectivity index (χ2v) is 8.01. The van der Waals surface area contributed by atoms with Gasteiger partial charge in [0, 0.05) is 22.8 Å². The summed E-state index contributed by atoms with van der Waals surface area (Å²) < 4.78 is 1.79. The molecule has 4 nitrogen and oxygen atoms in total. The minimum atomic E-state index is -1.15. The molecule has 1 aromatic carbocycles. The van der Waals surface area contributed by atoms with Gasteiger partial charge in [-0.2, -0.15) is 0 Å². The topological polar surface area (TPSA) is 68.8 Å². The van der Waals surface area contributed by atoms with Crippen LogP contribution in [0.2, 0.25) is 4.34 Å². The fourth-order valence-corrected chi connectivity index (χ4v) is 4.61. The molecule has 7 heteroatoms. The summed E-state index contributed by atoms with van der Waals surface area (Å²) >= 11 is 8.98. The third-order valence-electron chi connectivity index (χ3n) is 3.57. The van der Waals surface area contributed by atoms with Crippen molar-refractivity contribution < 1.29 is 9.90 Å². The van der Waals surface area contributed by atoms with Crippen molar-refractivity contribution in [2.75, 3.05) is 0 Å². The van der Waals surface area contributed by atoms with Gasteiger partial charge in [0.05, 0.1) is 14.1 Å². The highest BCUT2D eigenvalue weighted by atomic mass is 35.5. The molecule has 120 valence electrons. The summed E-state index contributed by atoms with van der Waals surface area (Å²) in [4.78, 5) is 20.6. The van der Waals surface area contributed by atoms with E-state index in [0.717, 1.165) is 19.8 Å². The van der Waals surface area contributed by atoms with Crippen molar-refractivity contribution in [1.82, 2.24) is 9.97 Å². The van der Waals surface area contributed by atoms with Crippen molar-refractivity contribution in [3.8, 4) is 21.3 Å². The Labute approximate surface area is 150 Å². The molecule has 3 aromatic heterocycles. The van der Waals surface area contributed by atoms with E-state index in [-0.39, 0.29) is 6.42 Å². The van der Waals surface area contributed by atoms with E-state index in [0.29, 0.717) is 21.5 Å². The van der Waals surface area contributed by atoms with Crippen LogP contribution in [-0.2, 0) is 11.2 Å². The second kappa shape index (κ2) is 6.05. The maximum Gasteiger partial charge on any atom is 0.148 e. The Hall–Kier alpha value is -2.15. The molecule has 0 saturated carbocycles. The van der Waals surface area contributed by atoms with Crippen molar-refractivity contribution >= 4 is 50.3 Å². The average Bonchev–Trinajstić information content (AvgIpc) is 3.23. The molecule has 0 radical (unpaired) electrons. The Morgan fingerprint density at radius 2 is 2.00 bits per heavy atom. The van der Waals surface area contributed by atoms with Crippen molar-refractivity contribution in [2.45, 2.75) is 6.42 Å². The van der Waals surface area contributed by atoms with E-state index >= 15 is 0 Å². The monoisotopic (exact) mass is 373 g/mol. The Kier molecular flexibility index (Phi) is 3.88. The molecule has 4 aromatic rings. The average molecular weight is 374 g/mol. The number of benzene rings is 1. The lowest BCUT2D eigenvalue weighted by Crippen LogP contribution is -2.24. The predicted octanol–water partition coefficient (Wildman–Crippen LogP) is 3.97. The zero-order valence-corrected chi connectivity index (χ0v) is 14.6. The minimum absolute atomic E-state index is 0.219. The van der Waals surface area contributed by atoms with Gasteiger partial charge >= 0.3 is 0 Å². The molecule has 0 aliphatic heterocycles. The molecule has 0 aliphatic rings. The third-order valence-corrected chi connectivity index (χ3v) is 5.93. The van der Waals surface area contributed by atoms with Gasteiger partial charge in [0.2, 0.25) is 0 Å². The van der Waals surface area contributed by atoms with Crippen LogP contribution in [0.1, 0.15) is 5.69 Å². The van der Waals surface area contributed by atoms with Crippen LogP contribution in [0.25, 0.3) is 31.4 Å². The number of carboxylic acid groups (broad SMARTS) is 1. The number of H-pyrrole nitrogens is 1. The molecule has 0 unspecified atom stereocenters. The number of nitrogens with one attached hydrogen (secondary N) is 1. The summed E-state index contributed by atoms with van der Waals surface area (Å²) in [6.07, 6.45) is -0.219. The van der Waals surface area contributed by atoms with Gasteiger partial charge in [-0.3, -0.25) is 0 Å². The molecule has 0 fully saturated rings. The van der Waals surface area contributed by atoms with Gasteiger partial charge < -0.3 is 14.9 Å². The lowest BCUT2D eigenvalue weighted by molar-refractivity contribution is -0.304. The number of aliphatic carboxylic acids is 1. The number of thiophene rings is 2. The summed E-state index contributed by atoms with van der Waals surface area (Å²) in [6.45, 7) is 0. The highest BCUT2D eigenvalue weighted by molar-refractivity contribution is 7.22. The number of nitrogens with zero attached hydrogens (tertiary/aromatic N) is 1. The largest absolute Gasteiger partial charge is 0.550 e. The van der Waals surface area contributed by atoms with Gasteiger partial charge in [0.25, 0.3) is 0 Å². The highest BCUT2D eigenvalue weighted by Gasteiger charge is 2.16. The number of imidazole rings is 1. The summed E-state index contributed by atoms with van der Waals surface area (Å²) in [5, 5.41) is 12.2. The molecule has 0 spiro atoms. The number of carboxylic acids is 1. The van der Waals surface area contributed by atoms with Gasteiger partial charge in [-0.05, 0) is 29.7 Å². The first-order valence-electron chi connectivity index (χ1n) is 7.13. The highest BCUT2D eigenvalue weighted by Crippen LogP contribution is 2.36. The summed E-state index contributed by atoms with van der Waals surface area (Å²) in [5.74, 6) is -0.489. The molecule has 0 amide bonds. The molecule has 0 aliphatic carbocycles. The van der Waals surface area contributed by atoms with Crippen LogP contribution in [0.15, 0.2) is 42.5 Å². The van der Waals surface area contributed by atoms with Gasteiger partial charge in [-0.25, -0.2) is 4.98 Å². The number of aromatic amines is 1. The molecule has 3 heterocycles. The van der Waals surface area contributed by atoms with E-state index in [1.54, 1.807) is 17.4 Å². The lowest BCUT2D eigenvalue weighted by atomic mass is 10.2. The number of carbonyl (C=O) groups excluding carboxylic acids is 1. The Balaban J connectivity index is 1.84. The molecule has 0 bridgehead atoms. The van der Waals surface area contributed by atoms with E-state index < -0.39 is 5.97 Å². The molecule has 0 atom stereocenters. The summed E-state index contributed by atoms with van der Waals surface area (Å²) in [6, 6.07) is 13.7. The second-order valence-electron chi connectivity index (χ2n) is 5.21. The van der Waals surface area contributed by atoms with Crippen molar-refractivity contribution in [3.05, 3.63) is 52.5 Å². The Bertz CT molecular complexity index is 1010. The molecule has 4 rings (SSSR count). The van der Waals surface area contributed by atoms with Gasteiger partial charge in [0.15, 0.2) is 0 Å². The maximum absolute atomic E-state index is 11.1. The van der Waals surface area contributed by atoms with Crippen LogP contribution >= 0.6 is 34.3 Å². The first-order chi connectivity index (χ1) is 11.6. The standard InChI is InChI=1S/C17H11ClN2O2S2/c18-14-6-5-12(24-14)16-10(8-15(21)22)19-17(20-16)13-7-9-3-1-2-4-11(9)23-13/h1-7H,8H2,(H,19,20)(H,21,22)/p-1. The number of hydrogen-bond donors (Lipinski definition) is 1. The number of fused-ring (bicyclic) bond motifs is 1. The van der Waals surface area contributed by atoms with Crippen LogP contribution in [0.4, 0.5) is 0 Å². The van der Waals surface area contributed by atoms with E-state index in [4.69, 9.17) is 11.6 Å². The molecular weight excluding hydrogens is 364 g/mol. The van der Waals surface area contributed by atoms with Gasteiger partial charge in [-0.1, -0.05) is 29.8 Å². The van der Waals surface area contributed by atoms with Crippen molar-refractivity contribution in [2.24, 2.45) is 0 Å². The van der Waals surface area contributed by atoms with E-state index in [2.05, 4.69) is 16.0 Å². The van der Waals surface area contributed by atoms with Gasteiger partial charge in [0.1, 0.15) is 11.5 Å². The molecule has 1 N–H and O–H groups in total. The number of carbonyl (C=O) groups is 1. The molecule has 24 heavy (non-hydrogen) atoms. The van der Waals surface area contributed by atoms with Crippen LogP contribution in [0.3, 0.4) is 0 Å². The fourth-order valence-electron chi connectivity index (χ4n) is 2.54. The van der Waals surface area contributed by atoms with Gasteiger partial charge in [-0.15, -0.1) is 22.7 Å².